The zero-order chi connectivity index (χ0) is 12.3. The number of pyridine rings is 1. The molecule has 5 heteroatoms. The Morgan fingerprint density at radius 2 is 2.47 bits per heavy atom. The van der Waals surface area contributed by atoms with Gasteiger partial charge in [0, 0.05) is 36.5 Å². The van der Waals surface area contributed by atoms with E-state index in [2.05, 4.69) is 31.1 Å². The fourth-order valence-electron chi connectivity index (χ4n) is 2.15. The Labute approximate surface area is 110 Å². The van der Waals surface area contributed by atoms with Crippen molar-refractivity contribution in [2.75, 3.05) is 13.1 Å². The van der Waals surface area contributed by atoms with Gasteiger partial charge < -0.3 is 5.32 Å². The molecule has 0 bridgehead atoms. The SMILES string of the molecule is CCC1C(=O)NCCN1Cc1ccncc1Br. The van der Waals surface area contributed by atoms with Crippen molar-refractivity contribution in [1.82, 2.24) is 15.2 Å². The molecule has 4 nitrogen and oxygen atoms in total. The van der Waals surface area contributed by atoms with Gasteiger partial charge in [0.2, 0.25) is 5.91 Å². The van der Waals surface area contributed by atoms with Gasteiger partial charge in [-0.05, 0) is 34.0 Å². The summed E-state index contributed by atoms with van der Waals surface area (Å²) in [5.74, 6) is 0.143. The first kappa shape index (κ1) is 12.5. The lowest BCUT2D eigenvalue weighted by Gasteiger charge is -2.34. The molecule has 1 unspecified atom stereocenters. The van der Waals surface area contributed by atoms with E-state index < -0.39 is 0 Å². The number of halogens is 1. The average Bonchev–Trinajstić information content (AvgIpc) is 2.32. The number of hydrogen-bond donors (Lipinski definition) is 1. The first-order valence-corrected chi connectivity index (χ1v) is 6.61. The Kier molecular flexibility index (Phi) is 4.12. The van der Waals surface area contributed by atoms with Crippen molar-refractivity contribution >= 4 is 21.8 Å². The predicted molar refractivity (Wildman–Crippen MR) is 69.4 cm³/mol. The van der Waals surface area contributed by atoms with Crippen LogP contribution in [0.15, 0.2) is 22.9 Å². The van der Waals surface area contributed by atoms with Gasteiger partial charge in [-0.25, -0.2) is 0 Å². The zero-order valence-electron chi connectivity index (χ0n) is 9.82. The zero-order valence-corrected chi connectivity index (χ0v) is 11.4. The van der Waals surface area contributed by atoms with Gasteiger partial charge in [-0.3, -0.25) is 14.7 Å². The number of carbonyl (C=O) groups excluding carboxylic acids is 1. The number of nitrogens with zero attached hydrogens (tertiary/aromatic N) is 2. The maximum absolute atomic E-state index is 11.7. The molecule has 1 saturated heterocycles. The molecule has 1 aromatic rings. The third-order valence-corrected chi connectivity index (χ3v) is 3.77. The number of piperazine rings is 1. The minimum absolute atomic E-state index is 0.0104. The molecule has 17 heavy (non-hydrogen) atoms. The molecule has 92 valence electrons. The fraction of sp³-hybridized carbons (Fsp3) is 0.500. The minimum Gasteiger partial charge on any atom is -0.353 e. The van der Waals surface area contributed by atoms with E-state index in [0.29, 0.717) is 0 Å². The van der Waals surface area contributed by atoms with Crippen molar-refractivity contribution in [3.63, 3.8) is 0 Å². The van der Waals surface area contributed by atoms with Crippen molar-refractivity contribution in [3.8, 4) is 0 Å². The quantitative estimate of drug-likeness (QED) is 0.921. The van der Waals surface area contributed by atoms with Crippen LogP contribution in [-0.2, 0) is 11.3 Å². The summed E-state index contributed by atoms with van der Waals surface area (Å²) in [5, 5.41) is 2.91. The second-order valence-corrected chi connectivity index (χ2v) is 5.01. The molecular weight excluding hydrogens is 282 g/mol. The lowest BCUT2D eigenvalue weighted by Crippen LogP contribution is -2.54. The summed E-state index contributed by atoms with van der Waals surface area (Å²) in [7, 11) is 0. The van der Waals surface area contributed by atoms with Crippen LogP contribution in [0.1, 0.15) is 18.9 Å². The molecule has 0 aliphatic carbocycles. The van der Waals surface area contributed by atoms with Gasteiger partial charge in [0.1, 0.15) is 0 Å². The normalized spacial score (nSPS) is 21.3. The highest BCUT2D eigenvalue weighted by molar-refractivity contribution is 9.10. The lowest BCUT2D eigenvalue weighted by molar-refractivity contribution is -0.129. The molecule has 1 amide bonds. The fourth-order valence-corrected chi connectivity index (χ4v) is 2.52. The molecule has 0 aromatic carbocycles. The van der Waals surface area contributed by atoms with Crippen molar-refractivity contribution in [1.29, 1.82) is 0 Å². The third kappa shape index (κ3) is 2.84. The highest BCUT2D eigenvalue weighted by Crippen LogP contribution is 2.19. The highest BCUT2D eigenvalue weighted by atomic mass is 79.9. The van der Waals surface area contributed by atoms with E-state index in [4.69, 9.17) is 0 Å². The predicted octanol–water partition coefficient (Wildman–Crippen LogP) is 1.55. The van der Waals surface area contributed by atoms with Gasteiger partial charge in [-0.15, -0.1) is 0 Å². The van der Waals surface area contributed by atoms with Crippen LogP contribution in [0, 0.1) is 0 Å². The average molecular weight is 298 g/mol. The highest BCUT2D eigenvalue weighted by Gasteiger charge is 2.28. The number of carbonyl (C=O) groups is 1. The molecule has 1 aliphatic heterocycles. The van der Waals surface area contributed by atoms with Crippen LogP contribution >= 0.6 is 15.9 Å². The maximum atomic E-state index is 11.7. The molecule has 1 aliphatic rings. The number of hydrogen-bond acceptors (Lipinski definition) is 3. The molecule has 1 atom stereocenters. The van der Waals surface area contributed by atoms with Crippen LogP contribution in [0.2, 0.25) is 0 Å². The van der Waals surface area contributed by atoms with E-state index in [0.717, 1.165) is 30.5 Å². The summed E-state index contributed by atoms with van der Waals surface area (Å²) in [5.41, 5.74) is 1.17. The number of amides is 1. The molecule has 2 heterocycles. The standard InChI is InChI=1S/C12H16BrN3O/c1-2-11-12(17)15-5-6-16(11)8-9-3-4-14-7-10(9)13/h3-4,7,11H,2,5-6,8H2,1H3,(H,15,17). The van der Waals surface area contributed by atoms with Crippen molar-refractivity contribution < 1.29 is 4.79 Å². The maximum Gasteiger partial charge on any atom is 0.237 e. The van der Waals surface area contributed by atoms with Crippen LogP contribution in [-0.4, -0.2) is 34.9 Å². The van der Waals surface area contributed by atoms with E-state index in [1.807, 2.05) is 13.0 Å². The van der Waals surface area contributed by atoms with Crippen molar-refractivity contribution in [2.24, 2.45) is 0 Å². The lowest BCUT2D eigenvalue weighted by atomic mass is 10.1. The second kappa shape index (κ2) is 5.60. The van der Waals surface area contributed by atoms with E-state index in [9.17, 15) is 4.79 Å². The second-order valence-electron chi connectivity index (χ2n) is 4.15. The molecule has 1 aromatic heterocycles. The smallest absolute Gasteiger partial charge is 0.237 e. The summed E-state index contributed by atoms with van der Waals surface area (Å²) >= 11 is 3.49. The first-order valence-electron chi connectivity index (χ1n) is 5.82. The van der Waals surface area contributed by atoms with Crippen molar-refractivity contribution in [3.05, 3.63) is 28.5 Å². The summed E-state index contributed by atoms with van der Waals surface area (Å²) in [6, 6.07) is 1.98. The van der Waals surface area contributed by atoms with Crippen LogP contribution < -0.4 is 5.32 Å². The van der Waals surface area contributed by atoms with E-state index in [1.54, 1.807) is 12.4 Å². The minimum atomic E-state index is -0.0104. The van der Waals surface area contributed by atoms with Gasteiger partial charge in [0.05, 0.1) is 6.04 Å². The number of rotatable bonds is 3. The summed E-state index contributed by atoms with van der Waals surface area (Å²) in [4.78, 5) is 18.0. The van der Waals surface area contributed by atoms with Crippen LogP contribution in [0.25, 0.3) is 0 Å². The third-order valence-electron chi connectivity index (χ3n) is 3.06. The summed E-state index contributed by atoms with van der Waals surface area (Å²) in [6.45, 7) is 4.47. The topological polar surface area (TPSA) is 45.2 Å². The van der Waals surface area contributed by atoms with Gasteiger partial charge in [-0.2, -0.15) is 0 Å². The van der Waals surface area contributed by atoms with Crippen LogP contribution in [0.4, 0.5) is 0 Å². The Morgan fingerprint density at radius 1 is 1.65 bits per heavy atom. The molecule has 1 N–H and O–H groups in total. The number of aromatic nitrogens is 1. The molecular formula is C12H16BrN3O. The Balaban J connectivity index is 2.12. The largest absolute Gasteiger partial charge is 0.353 e. The Morgan fingerprint density at radius 3 is 3.18 bits per heavy atom. The van der Waals surface area contributed by atoms with Crippen LogP contribution in [0.3, 0.4) is 0 Å². The Hall–Kier alpha value is -0.940. The molecule has 2 rings (SSSR count). The molecule has 0 radical (unpaired) electrons. The van der Waals surface area contributed by atoms with E-state index in [1.165, 1.54) is 5.56 Å². The molecule has 0 saturated carbocycles. The van der Waals surface area contributed by atoms with Gasteiger partial charge in [-0.1, -0.05) is 6.92 Å². The van der Waals surface area contributed by atoms with E-state index >= 15 is 0 Å². The Bertz CT molecular complexity index is 410. The van der Waals surface area contributed by atoms with Gasteiger partial charge in [0.25, 0.3) is 0 Å². The molecule has 1 fully saturated rings. The first-order chi connectivity index (χ1) is 8.22. The summed E-state index contributed by atoms with van der Waals surface area (Å²) < 4.78 is 1.00. The van der Waals surface area contributed by atoms with Gasteiger partial charge >= 0.3 is 0 Å². The van der Waals surface area contributed by atoms with E-state index in [-0.39, 0.29) is 11.9 Å². The monoisotopic (exact) mass is 297 g/mol. The van der Waals surface area contributed by atoms with Gasteiger partial charge in [0.15, 0.2) is 0 Å². The number of nitrogens with one attached hydrogen (secondary N) is 1. The van der Waals surface area contributed by atoms with Crippen LogP contribution in [0.5, 0.6) is 0 Å². The molecule has 0 spiro atoms. The van der Waals surface area contributed by atoms with Crippen molar-refractivity contribution in [2.45, 2.75) is 25.9 Å². The summed E-state index contributed by atoms with van der Waals surface area (Å²) in [6.07, 6.45) is 4.42.